The Morgan fingerprint density at radius 2 is 2.29 bits per heavy atom. The van der Waals surface area contributed by atoms with E-state index in [1.54, 1.807) is 23.7 Å². The highest BCUT2D eigenvalue weighted by Crippen LogP contribution is 2.22. The number of aliphatic hydroxyl groups is 1. The molecular weight excluding hydrogens is 234 g/mol. The van der Waals surface area contributed by atoms with Crippen LogP contribution in [0.4, 0.5) is 5.69 Å². The Hall–Kier alpha value is -1.46. The number of aliphatic hydroxyl groups excluding tert-OH is 1. The van der Waals surface area contributed by atoms with Crippen molar-refractivity contribution in [2.75, 3.05) is 11.9 Å². The molecule has 0 spiro atoms. The summed E-state index contributed by atoms with van der Waals surface area (Å²) in [6.45, 7) is 2.83. The Balaban J connectivity index is 2.20. The first kappa shape index (κ1) is 12.0. The van der Waals surface area contributed by atoms with Crippen LogP contribution in [0.3, 0.4) is 0 Å². The fraction of sp³-hybridized carbons (Fsp3) is 0.333. The molecular formula is C12H15N3OS. The van der Waals surface area contributed by atoms with Gasteiger partial charge in [-0.1, -0.05) is 0 Å². The number of pyridine rings is 1. The third-order valence-electron chi connectivity index (χ3n) is 2.69. The minimum absolute atomic E-state index is 0.0316. The van der Waals surface area contributed by atoms with Gasteiger partial charge in [-0.25, -0.2) is 4.98 Å². The fourth-order valence-electron chi connectivity index (χ4n) is 1.67. The maximum Gasteiger partial charge on any atom is 0.0798 e. The van der Waals surface area contributed by atoms with E-state index in [-0.39, 0.29) is 6.61 Å². The molecule has 0 aromatic carbocycles. The molecule has 1 N–H and O–H groups in total. The van der Waals surface area contributed by atoms with Crippen LogP contribution in [0.2, 0.25) is 0 Å². The molecule has 0 saturated carbocycles. The SMILES string of the molecule is Cc1ncsc1CN(C)c1cnccc1CO. The van der Waals surface area contributed by atoms with Crippen LogP contribution in [0.1, 0.15) is 16.1 Å². The molecule has 2 aromatic heterocycles. The lowest BCUT2D eigenvalue weighted by atomic mass is 10.2. The largest absolute Gasteiger partial charge is 0.392 e. The van der Waals surface area contributed by atoms with Crippen molar-refractivity contribution in [3.05, 3.63) is 40.1 Å². The van der Waals surface area contributed by atoms with Crippen molar-refractivity contribution in [2.24, 2.45) is 0 Å². The van der Waals surface area contributed by atoms with E-state index in [2.05, 4.69) is 14.9 Å². The quantitative estimate of drug-likeness (QED) is 0.900. The van der Waals surface area contributed by atoms with Crippen LogP contribution < -0.4 is 4.90 Å². The Bertz CT molecular complexity index is 498. The summed E-state index contributed by atoms with van der Waals surface area (Å²) in [7, 11) is 2.00. The molecule has 17 heavy (non-hydrogen) atoms. The summed E-state index contributed by atoms with van der Waals surface area (Å²) in [6, 6.07) is 1.84. The van der Waals surface area contributed by atoms with Crippen LogP contribution in [-0.4, -0.2) is 22.1 Å². The van der Waals surface area contributed by atoms with Crippen LogP contribution in [-0.2, 0) is 13.2 Å². The first-order valence-electron chi connectivity index (χ1n) is 5.36. The van der Waals surface area contributed by atoms with E-state index in [9.17, 15) is 5.11 Å². The molecule has 0 radical (unpaired) electrons. The molecule has 0 bridgehead atoms. The molecule has 0 aliphatic carbocycles. The second-order valence-electron chi connectivity index (χ2n) is 3.88. The maximum absolute atomic E-state index is 9.28. The van der Waals surface area contributed by atoms with E-state index in [0.717, 1.165) is 23.5 Å². The number of nitrogens with zero attached hydrogens (tertiary/aromatic N) is 3. The van der Waals surface area contributed by atoms with Crippen molar-refractivity contribution < 1.29 is 5.11 Å². The monoisotopic (exact) mass is 249 g/mol. The van der Waals surface area contributed by atoms with Crippen molar-refractivity contribution in [3.8, 4) is 0 Å². The number of aryl methyl sites for hydroxylation is 1. The highest BCUT2D eigenvalue weighted by atomic mass is 32.1. The summed E-state index contributed by atoms with van der Waals surface area (Å²) in [6.07, 6.45) is 3.47. The van der Waals surface area contributed by atoms with E-state index < -0.39 is 0 Å². The molecule has 2 rings (SSSR count). The van der Waals surface area contributed by atoms with Crippen molar-refractivity contribution in [3.63, 3.8) is 0 Å². The molecule has 0 aliphatic heterocycles. The molecule has 2 aromatic rings. The summed E-state index contributed by atoms with van der Waals surface area (Å²) >= 11 is 1.65. The van der Waals surface area contributed by atoms with Gasteiger partial charge in [0.15, 0.2) is 0 Å². The summed E-state index contributed by atoms with van der Waals surface area (Å²) in [5, 5.41) is 9.28. The van der Waals surface area contributed by atoms with E-state index in [1.807, 2.05) is 25.5 Å². The number of anilines is 1. The zero-order valence-electron chi connectivity index (χ0n) is 9.92. The van der Waals surface area contributed by atoms with Crippen molar-refractivity contribution >= 4 is 17.0 Å². The van der Waals surface area contributed by atoms with Crippen LogP contribution in [0.25, 0.3) is 0 Å². The lowest BCUT2D eigenvalue weighted by Gasteiger charge is -2.20. The normalized spacial score (nSPS) is 10.5. The average molecular weight is 249 g/mol. The van der Waals surface area contributed by atoms with Crippen LogP contribution in [0.5, 0.6) is 0 Å². The van der Waals surface area contributed by atoms with Crippen molar-refractivity contribution in [1.29, 1.82) is 0 Å². The first-order valence-corrected chi connectivity index (χ1v) is 6.24. The smallest absolute Gasteiger partial charge is 0.0798 e. The van der Waals surface area contributed by atoms with Gasteiger partial charge in [0.1, 0.15) is 0 Å². The summed E-state index contributed by atoms with van der Waals surface area (Å²) in [5.41, 5.74) is 4.78. The van der Waals surface area contributed by atoms with Gasteiger partial charge in [-0.15, -0.1) is 11.3 Å². The average Bonchev–Trinajstić information content (AvgIpc) is 2.75. The summed E-state index contributed by atoms with van der Waals surface area (Å²) in [5.74, 6) is 0. The number of aromatic nitrogens is 2. The predicted octanol–water partition coefficient (Wildman–Crippen LogP) is 1.98. The lowest BCUT2D eigenvalue weighted by molar-refractivity contribution is 0.282. The zero-order chi connectivity index (χ0) is 12.3. The van der Waals surface area contributed by atoms with Crippen molar-refractivity contribution in [1.82, 2.24) is 9.97 Å². The predicted molar refractivity (Wildman–Crippen MR) is 69.1 cm³/mol. The third kappa shape index (κ3) is 2.62. The second-order valence-corrected chi connectivity index (χ2v) is 4.82. The second kappa shape index (κ2) is 5.25. The van der Waals surface area contributed by atoms with Gasteiger partial charge >= 0.3 is 0 Å². The molecule has 0 fully saturated rings. The van der Waals surface area contributed by atoms with Gasteiger partial charge < -0.3 is 10.0 Å². The Kier molecular flexibility index (Phi) is 3.71. The standard InChI is InChI=1S/C12H15N3OS/c1-9-12(17-8-14-9)6-15(2)11-5-13-4-3-10(11)7-16/h3-5,8,16H,6-7H2,1-2H3. The molecule has 5 heteroatoms. The Morgan fingerprint density at radius 3 is 2.94 bits per heavy atom. The van der Waals surface area contributed by atoms with Gasteiger partial charge in [0.25, 0.3) is 0 Å². The van der Waals surface area contributed by atoms with E-state index in [0.29, 0.717) is 0 Å². The van der Waals surface area contributed by atoms with Crippen LogP contribution >= 0.6 is 11.3 Å². The molecule has 90 valence electrons. The molecule has 2 heterocycles. The van der Waals surface area contributed by atoms with Gasteiger partial charge in [0.2, 0.25) is 0 Å². The number of hydrogen-bond donors (Lipinski definition) is 1. The van der Waals surface area contributed by atoms with Gasteiger partial charge in [-0.3, -0.25) is 4.98 Å². The Labute approximate surface area is 105 Å². The van der Waals surface area contributed by atoms with E-state index >= 15 is 0 Å². The highest BCUT2D eigenvalue weighted by Gasteiger charge is 2.10. The minimum atomic E-state index is 0.0316. The molecule has 0 unspecified atom stereocenters. The van der Waals surface area contributed by atoms with E-state index in [4.69, 9.17) is 0 Å². The third-order valence-corrected chi connectivity index (χ3v) is 3.61. The molecule has 0 amide bonds. The maximum atomic E-state index is 9.28. The molecule has 0 aliphatic rings. The first-order chi connectivity index (χ1) is 8.22. The minimum Gasteiger partial charge on any atom is -0.392 e. The van der Waals surface area contributed by atoms with Crippen LogP contribution in [0, 0.1) is 6.92 Å². The molecule has 0 atom stereocenters. The van der Waals surface area contributed by atoms with E-state index in [1.165, 1.54) is 4.88 Å². The lowest BCUT2D eigenvalue weighted by Crippen LogP contribution is -2.18. The van der Waals surface area contributed by atoms with Gasteiger partial charge in [0.05, 0.1) is 36.2 Å². The number of rotatable bonds is 4. The van der Waals surface area contributed by atoms with Gasteiger partial charge in [-0.05, 0) is 13.0 Å². The number of thiazole rings is 1. The zero-order valence-corrected chi connectivity index (χ0v) is 10.7. The van der Waals surface area contributed by atoms with Crippen molar-refractivity contribution in [2.45, 2.75) is 20.1 Å². The summed E-state index contributed by atoms with van der Waals surface area (Å²) in [4.78, 5) is 11.7. The number of hydrogen-bond acceptors (Lipinski definition) is 5. The highest BCUT2D eigenvalue weighted by molar-refractivity contribution is 7.09. The fourth-order valence-corrected chi connectivity index (χ4v) is 2.50. The molecule has 4 nitrogen and oxygen atoms in total. The Morgan fingerprint density at radius 1 is 1.47 bits per heavy atom. The topological polar surface area (TPSA) is 49.2 Å². The molecule has 0 saturated heterocycles. The van der Waals surface area contributed by atoms with Gasteiger partial charge in [-0.2, -0.15) is 0 Å². The summed E-state index contributed by atoms with van der Waals surface area (Å²) < 4.78 is 0. The van der Waals surface area contributed by atoms with Gasteiger partial charge in [0, 0.05) is 23.7 Å². The van der Waals surface area contributed by atoms with Crippen LogP contribution in [0.15, 0.2) is 24.0 Å².